The van der Waals surface area contributed by atoms with Crippen LogP contribution in [0.3, 0.4) is 0 Å². The molecule has 112 valence electrons. The highest BCUT2D eigenvalue weighted by molar-refractivity contribution is 14.1. The Hall–Kier alpha value is -0.630. The van der Waals surface area contributed by atoms with Crippen LogP contribution in [0.2, 0.25) is 0 Å². The highest BCUT2D eigenvalue weighted by Gasteiger charge is 2.41. The van der Waals surface area contributed by atoms with Crippen molar-refractivity contribution in [1.29, 1.82) is 0 Å². The van der Waals surface area contributed by atoms with E-state index in [1.165, 1.54) is 0 Å². The molecular formula is C15H16BrIN2O2. The summed E-state index contributed by atoms with van der Waals surface area (Å²) in [5.74, 6) is 0.225. The Kier molecular flexibility index (Phi) is 4.27. The molecule has 3 rings (SSSR count). The summed E-state index contributed by atoms with van der Waals surface area (Å²) in [5, 5.41) is 2.92. The van der Waals surface area contributed by atoms with Crippen molar-refractivity contribution in [2.75, 3.05) is 19.6 Å². The molecular weight excluding hydrogens is 447 g/mol. The first-order valence-electron chi connectivity index (χ1n) is 7.00. The smallest absolute Gasteiger partial charge is 0.255 e. The van der Waals surface area contributed by atoms with Gasteiger partial charge in [-0.2, -0.15) is 0 Å². The van der Waals surface area contributed by atoms with Crippen molar-refractivity contribution in [3.8, 4) is 0 Å². The number of nitrogens with zero attached hydrogens (tertiary/aromatic N) is 1. The van der Waals surface area contributed by atoms with E-state index in [2.05, 4.69) is 43.8 Å². The number of nitrogens with one attached hydrogen (secondary N) is 1. The van der Waals surface area contributed by atoms with Gasteiger partial charge in [-0.3, -0.25) is 9.59 Å². The Bertz CT molecular complexity index is 597. The van der Waals surface area contributed by atoms with Gasteiger partial charge in [-0.15, -0.1) is 0 Å². The van der Waals surface area contributed by atoms with Gasteiger partial charge in [-0.1, -0.05) is 0 Å². The first kappa shape index (κ1) is 15.3. The molecule has 0 aliphatic carbocycles. The van der Waals surface area contributed by atoms with Crippen molar-refractivity contribution in [2.45, 2.75) is 19.3 Å². The van der Waals surface area contributed by atoms with E-state index in [0.717, 1.165) is 46.1 Å². The molecule has 2 saturated heterocycles. The molecule has 2 aliphatic heterocycles. The molecule has 0 radical (unpaired) electrons. The molecule has 4 nitrogen and oxygen atoms in total. The fourth-order valence-electron chi connectivity index (χ4n) is 3.12. The van der Waals surface area contributed by atoms with Crippen LogP contribution in [0.1, 0.15) is 29.6 Å². The van der Waals surface area contributed by atoms with Gasteiger partial charge >= 0.3 is 0 Å². The van der Waals surface area contributed by atoms with Gasteiger partial charge in [0.2, 0.25) is 5.91 Å². The molecule has 0 saturated carbocycles. The third-order valence-electron chi connectivity index (χ3n) is 4.47. The van der Waals surface area contributed by atoms with Gasteiger partial charge in [0, 0.05) is 34.1 Å². The van der Waals surface area contributed by atoms with Crippen molar-refractivity contribution in [3.05, 3.63) is 31.8 Å². The maximum atomic E-state index is 12.7. The van der Waals surface area contributed by atoms with Crippen molar-refractivity contribution in [1.82, 2.24) is 10.2 Å². The van der Waals surface area contributed by atoms with Gasteiger partial charge in [0.15, 0.2) is 0 Å². The second-order valence-corrected chi connectivity index (χ2v) is 7.97. The molecule has 1 N–H and O–H groups in total. The Labute approximate surface area is 145 Å². The maximum absolute atomic E-state index is 12.7. The van der Waals surface area contributed by atoms with Gasteiger partial charge in [0.25, 0.3) is 5.91 Å². The summed E-state index contributed by atoms with van der Waals surface area (Å²) in [5.41, 5.74) is 0.800. The molecule has 0 bridgehead atoms. The van der Waals surface area contributed by atoms with Gasteiger partial charge in [0.1, 0.15) is 0 Å². The summed E-state index contributed by atoms with van der Waals surface area (Å²) in [4.78, 5) is 26.0. The normalized spacial score (nSPS) is 20.7. The van der Waals surface area contributed by atoms with Gasteiger partial charge in [0.05, 0.1) is 5.56 Å². The first-order valence-corrected chi connectivity index (χ1v) is 8.87. The van der Waals surface area contributed by atoms with E-state index in [4.69, 9.17) is 0 Å². The van der Waals surface area contributed by atoms with Crippen LogP contribution in [0.4, 0.5) is 0 Å². The number of amides is 2. The Morgan fingerprint density at radius 2 is 2.05 bits per heavy atom. The molecule has 1 spiro atoms. The van der Waals surface area contributed by atoms with Crippen molar-refractivity contribution < 1.29 is 9.59 Å². The number of carbonyl (C=O) groups is 2. The van der Waals surface area contributed by atoms with Crippen LogP contribution in [-0.4, -0.2) is 36.3 Å². The topological polar surface area (TPSA) is 49.4 Å². The average Bonchev–Trinajstić information content (AvgIpc) is 2.83. The van der Waals surface area contributed by atoms with Crippen LogP contribution in [0.5, 0.6) is 0 Å². The highest BCUT2D eigenvalue weighted by Crippen LogP contribution is 2.38. The lowest BCUT2D eigenvalue weighted by molar-refractivity contribution is -0.119. The van der Waals surface area contributed by atoms with Crippen molar-refractivity contribution >= 4 is 50.3 Å². The molecule has 6 heteroatoms. The summed E-state index contributed by atoms with van der Waals surface area (Å²) in [6.07, 6.45) is 2.42. The number of likely N-dealkylation sites (tertiary alicyclic amines) is 1. The van der Waals surface area contributed by atoms with E-state index in [1.807, 2.05) is 23.1 Å². The lowest BCUT2D eigenvalue weighted by atomic mass is 9.77. The van der Waals surface area contributed by atoms with Crippen molar-refractivity contribution in [3.63, 3.8) is 0 Å². The number of hydrogen-bond acceptors (Lipinski definition) is 2. The van der Waals surface area contributed by atoms with Crippen LogP contribution in [0, 0.1) is 8.99 Å². The van der Waals surface area contributed by atoms with E-state index in [0.29, 0.717) is 6.42 Å². The minimum Gasteiger partial charge on any atom is -0.356 e. The summed E-state index contributed by atoms with van der Waals surface area (Å²) < 4.78 is 1.89. The molecule has 21 heavy (non-hydrogen) atoms. The maximum Gasteiger partial charge on any atom is 0.255 e. The van der Waals surface area contributed by atoms with E-state index < -0.39 is 0 Å². The number of rotatable bonds is 1. The minimum absolute atomic E-state index is 0.0764. The monoisotopic (exact) mass is 462 g/mol. The number of piperidine rings is 1. The zero-order valence-electron chi connectivity index (χ0n) is 11.5. The second-order valence-electron chi connectivity index (χ2n) is 5.87. The summed E-state index contributed by atoms with van der Waals surface area (Å²) in [6, 6.07) is 5.81. The first-order chi connectivity index (χ1) is 9.99. The van der Waals surface area contributed by atoms with Crippen LogP contribution >= 0.6 is 38.5 Å². The van der Waals surface area contributed by atoms with E-state index in [9.17, 15) is 9.59 Å². The van der Waals surface area contributed by atoms with E-state index >= 15 is 0 Å². The van der Waals surface area contributed by atoms with Gasteiger partial charge in [-0.25, -0.2) is 0 Å². The Balaban J connectivity index is 1.70. The summed E-state index contributed by atoms with van der Waals surface area (Å²) in [7, 11) is 0. The number of benzene rings is 1. The molecule has 0 aromatic heterocycles. The summed E-state index contributed by atoms with van der Waals surface area (Å²) >= 11 is 5.68. The SMILES string of the molecule is O=C1CC2(CCN(C(=O)c3cc(I)ccc3Br)CC2)CN1. The van der Waals surface area contributed by atoms with E-state index in [1.54, 1.807) is 0 Å². The van der Waals surface area contributed by atoms with Crippen molar-refractivity contribution in [2.24, 2.45) is 5.41 Å². The fraction of sp³-hybridized carbons (Fsp3) is 0.467. The third kappa shape index (κ3) is 3.11. The Morgan fingerprint density at radius 1 is 1.33 bits per heavy atom. The highest BCUT2D eigenvalue weighted by atomic mass is 127. The second kappa shape index (κ2) is 5.87. The number of hydrogen-bond donors (Lipinski definition) is 1. The molecule has 1 aromatic rings. The largest absolute Gasteiger partial charge is 0.356 e. The Morgan fingerprint density at radius 3 is 2.67 bits per heavy atom. The lowest BCUT2D eigenvalue weighted by Gasteiger charge is -2.38. The molecule has 0 atom stereocenters. The van der Waals surface area contributed by atoms with E-state index in [-0.39, 0.29) is 17.2 Å². The average molecular weight is 463 g/mol. The molecule has 2 fully saturated rings. The van der Waals surface area contributed by atoms with Crippen LogP contribution in [0.15, 0.2) is 22.7 Å². The molecule has 0 unspecified atom stereocenters. The predicted octanol–water partition coefficient (Wildman–Crippen LogP) is 2.80. The molecule has 2 amide bonds. The minimum atomic E-state index is 0.0764. The quantitative estimate of drug-likeness (QED) is 0.652. The zero-order valence-corrected chi connectivity index (χ0v) is 15.2. The van der Waals surface area contributed by atoms with Crippen LogP contribution in [0.25, 0.3) is 0 Å². The molecule has 1 aromatic carbocycles. The lowest BCUT2D eigenvalue weighted by Crippen LogP contribution is -2.44. The van der Waals surface area contributed by atoms with Crippen LogP contribution in [-0.2, 0) is 4.79 Å². The van der Waals surface area contributed by atoms with Gasteiger partial charge in [-0.05, 0) is 75.0 Å². The van der Waals surface area contributed by atoms with Crippen LogP contribution < -0.4 is 5.32 Å². The zero-order chi connectivity index (χ0) is 15.0. The standard InChI is InChI=1S/C15H16BrIN2O2/c16-12-2-1-10(17)7-11(12)14(21)19-5-3-15(4-6-19)8-13(20)18-9-15/h1-2,7H,3-6,8-9H2,(H,18,20). The summed E-state index contributed by atoms with van der Waals surface area (Å²) in [6.45, 7) is 2.22. The van der Waals surface area contributed by atoms with Gasteiger partial charge < -0.3 is 10.2 Å². The number of carbonyl (C=O) groups excluding carboxylic acids is 2. The third-order valence-corrected chi connectivity index (χ3v) is 5.83. The molecule has 2 heterocycles. The number of halogens is 2. The fourth-order valence-corrected chi connectivity index (χ4v) is 4.03. The predicted molar refractivity (Wildman–Crippen MR) is 92.1 cm³/mol. The molecule has 2 aliphatic rings.